The molecule has 17 heavy (non-hydrogen) atoms. The van der Waals surface area contributed by atoms with Crippen LogP contribution in [0.4, 0.5) is 5.69 Å². The Labute approximate surface area is 121 Å². The van der Waals surface area contributed by atoms with Crippen molar-refractivity contribution in [1.82, 2.24) is 0 Å². The van der Waals surface area contributed by atoms with Crippen molar-refractivity contribution in [2.45, 2.75) is 32.2 Å². The summed E-state index contributed by atoms with van der Waals surface area (Å²) in [4.78, 5) is 4.85. The van der Waals surface area contributed by atoms with Gasteiger partial charge in [-0.1, -0.05) is 31.7 Å². The molecule has 0 aliphatic carbocycles. The van der Waals surface area contributed by atoms with Gasteiger partial charge in [-0.3, -0.25) is 4.99 Å². The largest absolute Gasteiger partial charge is 0.335 e. The smallest absolute Gasteiger partial charge is 0.161 e. The van der Waals surface area contributed by atoms with Crippen molar-refractivity contribution in [3.05, 3.63) is 27.8 Å². The maximum atomic E-state index is 4.85. The number of thioether (sulfide) groups is 1. The Hall–Kier alpha value is -0.230. The molecule has 1 aliphatic heterocycles. The molecule has 1 aromatic carbocycles. The van der Waals surface area contributed by atoms with E-state index in [4.69, 9.17) is 4.99 Å². The van der Waals surface area contributed by atoms with Gasteiger partial charge in [0.25, 0.3) is 0 Å². The van der Waals surface area contributed by atoms with Crippen LogP contribution in [0, 0.1) is 3.57 Å². The molecule has 1 N–H and O–H groups in total. The third kappa shape index (κ3) is 3.16. The molecule has 0 saturated heterocycles. The molecule has 0 amide bonds. The van der Waals surface area contributed by atoms with E-state index in [9.17, 15) is 0 Å². The minimum Gasteiger partial charge on any atom is -0.335 e. The van der Waals surface area contributed by atoms with Crippen LogP contribution >= 0.6 is 34.4 Å². The summed E-state index contributed by atoms with van der Waals surface area (Å²) < 4.78 is 1.24. The van der Waals surface area contributed by atoms with Crippen molar-refractivity contribution in [1.29, 1.82) is 0 Å². The number of hydrogen-bond donors (Lipinski definition) is 1. The molecule has 1 heterocycles. The van der Waals surface area contributed by atoms with Crippen molar-refractivity contribution in [2.75, 3.05) is 11.1 Å². The zero-order valence-corrected chi connectivity index (χ0v) is 13.1. The number of amidine groups is 1. The molecule has 4 heteroatoms. The standard InChI is InChI=1S/C13H17IN2S/c1-3-13(4-2)9-17-12(16-13)15-11-7-5-6-10(14)8-11/h5-8H,3-4,9H2,1-2H3,(H,15,16). The fourth-order valence-electron chi connectivity index (χ4n) is 1.85. The molecule has 0 saturated carbocycles. The quantitative estimate of drug-likeness (QED) is 0.810. The molecule has 2 nitrogen and oxygen atoms in total. The van der Waals surface area contributed by atoms with Crippen LogP contribution in [0.3, 0.4) is 0 Å². The number of rotatable bonds is 3. The van der Waals surface area contributed by atoms with Gasteiger partial charge in [-0.25, -0.2) is 0 Å². The van der Waals surface area contributed by atoms with E-state index in [0.717, 1.165) is 29.4 Å². The number of hydrogen-bond acceptors (Lipinski definition) is 3. The normalized spacial score (nSPS) is 17.9. The second-order valence-corrected chi connectivity index (χ2v) is 6.48. The molecular weight excluding hydrogens is 343 g/mol. The van der Waals surface area contributed by atoms with E-state index < -0.39 is 0 Å². The van der Waals surface area contributed by atoms with E-state index in [1.165, 1.54) is 3.57 Å². The minimum absolute atomic E-state index is 0.162. The van der Waals surface area contributed by atoms with Crippen LogP contribution in [0.25, 0.3) is 0 Å². The van der Waals surface area contributed by atoms with E-state index in [0.29, 0.717) is 0 Å². The molecule has 0 bridgehead atoms. The molecule has 1 aliphatic rings. The maximum absolute atomic E-state index is 4.85. The summed E-state index contributed by atoms with van der Waals surface area (Å²) in [5.74, 6) is 1.10. The molecule has 0 unspecified atom stereocenters. The lowest BCUT2D eigenvalue weighted by Gasteiger charge is -2.20. The van der Waals surface area contributed by atoms with Crippen LogP contribution in [-0.4, -0.2) is 16.5 Å². The number of nitrogens with zero attached hydrogens (tertiary/aromatic N) is 1. The molecule has 0 atom stereocenters. The summed E-state index contributed by atoms with van der Waals surface area (Å²) in [6.45, 7) is 4.45. The summed E-state index contributed by atoms with van der Waals surface area (Å²) in [5.41, 5.74) is 1.29. The predicted molar refractivity (Wildman–Crippen MR) is 86.0 cm³/mol. The number of halogens is 1. The Bertz CT molecular complexity index is 427. The van der Waals surface area contributed by atoms with E-state index in [1.54, 1.807) is 0 Å². The lowest BCUT2D eigenvalue weighted by Crippen LogP contribution is -2.24. The highest BCUT2D eigenvalue weighted by atomic mass is 127. The fraction of sp³-hybridized carbons (Fsp3) is 0.462. The highest BCUT2D eigenvalue weighted by molar-refractivity contribution is 14.1. The molecule has 0 aromatic heterocycles. The number of anilines is 1. The zero-order chi connectivity index (χ0) is 12.3. The van der Waals surface area contributed by atoms with E-state index >= 15 is 0 Å². The van der Waals surface area contributed by atoms with Crippen LogP contribution in [-0.2, 0) is 0 Å². The summed E-state index contributed by atoms with van der Waals surface area (Å²) in [7, 11) is 0. The van der Waals surface area contributed by atoms with Gasteiger partial charge < -0.3 is 5.32 Å². The minimum atomic E-state index is 0.162. The summed E-state index contributed by atoms with van der Waals surface area (Å²) in [5, 5.41) is 4.48. The predicted octanol–water partition coefficient (Wildman–Crippen LogP) is 4.36. The van der Waals surface area contributed by atoms with Gasteiger partial charge in [0.1, 0.15) is 0 Å². The van der Waals surface area contributed by atoms with Gasteiger partial charge >= 0.3 is 0 Å². The summed E-state index contributed by atoms with van der Waals surface area (Å²) in [6.07, 6.45) is 2.24. The second-order valence-electron chi connectivity index (χ2n) is 4.27. The van der Waals surface area contributed by atoms with Crippen molar-refractivity contribution >= 4 is 45.2 Å². The lowest BCUT2D eigenvalue weighted by molar-refractivity contribution is 0.456. The third-order valence-corrected chi connectivity index (χ3v) is 5.03. The van der Waals surface area contributed by atoms with Gasteiger partial charge in [0.15, 0.2) is 5.17 Å². The lowest BCUT2D eigenvalue weighted by atomic mass is 9.97. The van der Waals surface area contributed by atoms with Crippen LogP contribution in [0.2, 0.25) is 0 Å². The van der Waals surface area contributed by atoms with Crippen molar-refractivity contribution < 1.29 is 0 Å². The highest BCUT2D eigenvalue weighted by Crippen LogP contribution is 2.33. The molecule has 2 rings (SSSR count). The van der Waals surface area contributed by atoms with E-state index in [2.05, 4.69) is 66.0 Å². The Morgan fingerprint density at radius 2 is 2.18 bits per heavy atom. The third-order valence-electron chi connectivity index (χ3n) is 3.21. The maximum Gasteiger partial charge on any atom is 0.161 e. The van der Waals surface area contributed by atoms with E-state index in [1.807, 2.05) is 11.8 Å². The van der Waals surface area contributed by atoms with Crippen molar-refractivity contribution in [3.63, 3.8) is 0 Å². The summed E-state index contributed by atoms with van der Waals surface area (Å²) >= 11 is 4.16. The second kappa shape index (κ2) is 5.61. The Kier molecular flexibility index (Phi) is 4.36. The first-order chi connectivity index (χ1) is 8.17. The zero-order valence-electron chi connectivity index (χ0n) is 10.2. The van der Waals surface area contributed by atoms with E-state index in [-0.39, 0.29) is 5.54 Å². The van der Waals surface area contributed by atoms with Gasteiger partial charge in [-0.2, -0.15) is 0 Å². The first kappa shape index (κ1) is 13.2. The molecule has 0 spiro atoms. The molecular formula is C13H17IN2S. The SMILES string of the molecule is CCC1(CC)CSC(Nc2cccc(I)c2)=N1. The van der Waals surface area contributed by atoms with Gasteiger partial charge in [-0.05, 0) is 53.6 Å². The number of aliphatic imine (C=N–C) groups is 1. The topological polar surface area (TPSA) is 24.4 Å². The number of benzene rings is 1. The van der Waals surface area contributed by atoms with Crippen LogP contribution < -0.4 is 5.32 Å². The van der Waals surface area contributed by atoms with Gasteiger partial charge in [-0.15, -0.1) is 0 Å². The molecule has 1 aromatic rings. The average molecular weight is 360 g/mol. The monoisotopic (exact) mass is 360 g/mol. The highest BCUT2D eigenvalue weighted by Gasteiger charge is 2.31. The van der Waals surface area contributed by atoms with Crippen molar-refractivity contribution in [2.24, 2.45) is 4.99 Å². The summed E-state index contributed by atoms with van der Waals surface area (Å²) in [6, 6.07) is 8.39. The fourth-order valence-corrected chi connectivity index (χ4v) is 3.72. The van der Waals surface area contributed by atoms with Gasteiger partial charge in [0.2, 0.25) is 0 Å². The molecule has 92 valence electrons. The van der Waals surface area contributed by atoms with Gasteiger partial charge in [0, 0.05) is 15.0 Å². The first-order valence-corrected chi connectivity index (χ1v) is 7.99. The Morgan fingerprint density at radius 3 is 2.76 bits per heavy atom. The van der Waals surface area contributed by atoms with Gasteiger partial charge in [0.05, 0.1) is 5.54 Å². The first-order valence-electron chi connectivity index (χ1n) is 5.93. The molecule has 0 fully saturated rings. The van der Waals surface area contributed by atoms with Crippen LogP contribution in [0.15, 0.2) is 29.3 Å². The molecule has 0 radical (unpaired) electrons. The average Bonchev–Trinajstić information content (AvgIpc) is 2.73. The Balaban J connectivity index is 2.11. The van der Waals surface area contributed by atoms with Crippen LogP contribution in [0.5, 0.6) is 0 Å². The Morgan fingerprint density at radius 1 is 1.41 bits per heavy atom. The van der Waals surface area contributed by atoms with Crippen molar-refractivity contribution in [3.8, 4) is 0 Å². The number of nitrogens with one attached hydrogen (secondary N) is 1. The van der Waals surface area contributed by atoms with Crippen LogP contribution in [0.1, 0.15) is 26.7 Å².